The maximum absolute atomic E-state index is 12.9. The number of aromatic amines is 2. The summed E-state index contributed by atoms with van der Waals surface area (Å²) in [5.74, 6) is 0.147. The third-order valence-electron chi connectivity index (χ3n) is 3.05. The van der Waals surface area contributed by atoms with E-state index in [1.807, 2.05) is 0 Å². The summed E-state index contributed by atoms with van der Waals surface area (Å²) < 4.78 is 38.8. The molecule has 0 unspecified atom stereocenters. The highest BCUT2D eigenvalue weighted by atomic mass is 19.4. The molecule has 0 spiro atoms. The van der Waals surface area contributed by atoms with Crippen LogP contribution in [0.15, 0.2) is 35.3 Å². The molecular formula is C13H9F3N4O. The predicted molar refractivity (Wildman–Crippen MR) is 68.8 cm³/mol. The van der Waals surface area contributed by atoms with Crippen molar-refractivity contribution in [3.8, 4) is 0 Å². The number of hydrogen-bond donors (Lipinski definition) is 2. The van der Waals surface area contributed by atoms with Crippen molar-refractivity contribution in [2.75, 3.05) is 0 Å². The van der Waals surface area contributed by atoms with E-state index < -0.39 is 17.3 Å². The Bertz CT molecular complexity index is 850. The molecule has 1 aromatic carbocycles. The second kappa shape index (κ2) is 4.72. The van der Waals surface area contributed by atoms with E-state index in [0.717, 1.165) is 6.07 Å². The molecular weight excluding hydrogens is 285 g/mol. The number of fused-ring (bicyclic) bond motifs is 1. The summed E-state index contributed by atoms with van der Waals surface area (Å²) in [5, 5.41) is 6.47. The molecule has 8 heteroatoms. The Morgan fingerprint density at radius 2 is 1.95 bits per heavy atom. The average molecular weight is 294 g/mol. The number of rotatable bonds is 2. The number of halogens is 3. The Labute approximate surface area is 115 Å². The summed E-state index contributed by atoms with van der Waals surface area (Å²) in [4.78, 5) is 18.3. The Morgan fingerprint density at radius 1 is 1.19 bits per heavy atom. The molecule has 21 heavy (non-hydrogen) atoms. The van der Waals surface area contributed by atoms with Gasteiger partial charge < -0.3 is 4.98 Å². The number of alkyl halides is 3. The summed E-state index contributed by atoms with van der Waals surface area (Å²) in [5.41, 5.74) is -0.879. The van der Waals surface area contributed by atoms with Gasteiger partial charge in [-0.2, -0.15) is 18.3 Å². The number of benzene rings is 1. The Balaban J connectivity index is 2.05. The van der Waals surface area contributed by atoms with Crippen LogP contribution in [0.4, 0.5) is 13.2 Å². The normalized spacial score (nSPS) is 12.0. The standard InChI is InChI=1S/C13H9F3N4O/c14-13(15,16)9-4-2-1-3-7(9)5-10-18-11-8(6-17-20-11)12(21)19-10/h1-4,6H,5H2,(H2,17,18,19,20,21). The predicted octanol–water partition coefficient (Wildman–Crippen LogP) is 2.26. The first kappa shape index (κ1) is 13.3. The summed E-state index contributed by atoms with van der Waals surface area (Å²) in [6.45, 7) is 0. The SMILES string of the molecule is O=c1[nH]c(Cc2ccccc2C(F)(F)F)nc2[nH]ncc12. The summed E-state index contributed by atoms with van der Waals surface area (Å²) in [6.07, 6.45) is -3.26. The van der Waals surface area contributed by atoms with Crippen LogP contribution in [0.25, 0.3) is 11.0 Å². The number of hydrogen-bond acceptors (Lipinski definition) is 3. The highest BCUT2D eigenvalue weighted by molar-refractivity contribution is 5.72. The van der Waals surface area contributed by atoms with Crippen LogP contribution in [0.3, 0.4) is 0 Å². The molecule has 0 fully saturated rings. The molecule has 0 aliphatic carbocycles. The van der Waals surface area contributed by atoms with Crippen LogP contribution in [-0.4, -0.2) is 20.2 Å². The molecule has 0 bridgehead atoms. The van der Waals surface area contributed by atoms with Crippen molar-refractivity contribution in [3.63, 3.8) is 0 Å². The monoisotopic (exact) mass is 294 g/mol. The van der Waals surface area contributed by atoms with Crippen molar-refractivity contribution in [2.24, 2.45) is 0 Å². The van der Waals surface area contributed by atoms with Crippen LogP contribution in [0, 0.1) is 0 Å². The molecule has 5 nitrogen and oxygen atoms in total. The first-order valence-corrected chi connectivity index (χ1v) is 6.02. The highest BCUT2D eigenvalue weighted by Gasteiger charge is 2.32. The maximum atomic E-state index is 12.9. The van der Waals surface area contributed by atoms with E-state index in [-0.39, 0.29) is 28.8 Å². The zero-order valence-electron chi connectivity index (χ0n) is 10.5. The van der Waals surface area contributed by atoms with Gasteiger partial charge in [-0.05, 0) is 11.6 Å². The lowest BCUT2D eigenvalue weighted by Crippen LogP contribution is -2.14. The molecule has 0 atom stereocenters. The van der Waals surface area contributed by atoms with Crippen LogP contribution in [0.5, 0.6) is 0 Å². The first-order chi connectivity index (χ1) is 9.95. The van der Waals surface area contributed by atoms with Gasteiger partial charge in [-0.15, -0.1) is 0 Å². The quantitative estimate of drug-likeness (QED) is 0.761. The molecule has 0 saturated heterocycles. The van der Waals surface area contributed by atoms with Crippen LogP contribution in [0.2, 0.25) is 0 Å². The molecule has 0 amide bonds. The van der Waals surface area contributed by atoms with Crippen LogP contribution in [0.1, 0.15) is 17.0 Å². The van der Waals surface area contributed by atoms with Crippen LogP contribution in [-0.2, 0) is 12.6 Å². The van der Waals surface area contributed by atoms with E-state index in [0.29, 0.717) is 0 Å². The molecule has 3 aromatic rings. The van der Waals surface area contributed by atoms with Gasteiger partial charge in [-0.25, -0.2) is 4.98 Å². The van der Waals surface area contributed by atoms with E-state index in [9.17, 15) is 18.0 Å². The van der Waals surface area contributed by atoms with Gasteiger partial charge in [0.05, 0.1) is 11.8 Å². The van der Waals surface area contributed by atoms with Crippen molar-refractivity contribution in [2.45, 2.75) is 12.6 Å². The lowest BCUT2D eigenvalue weighted by atomic mass is 10.0. The molecule has 0 aliphatic rings. The maximum Gasteiger partial charge on any atom is 0.416 e. The summed E-state index contributed by atoms with van der Waals surface area (Å²) in [7, 11) is 0. The second-order valence-electron chi connectivity index (χ2n) is 4.48. The molecule has 3 rings (SSSR count). The topological polar surface area (TPSA) is 74.4 Å². The second-order valence-corrected chi connectivity index (χ2v) is 4.48. The minimum atomic E-state index is -4.45. The minimum Gasteiger partial charge on any atom is -0.310 e. The van der Waals surface area contributed by atoms with Gasteiger partial charge in [0.2, 0.25) is 0 Å². The van der Waals surface area contributed by atoms with E-state index in [1.165, 1.54) is 24.4 Å². The summed E-state index contributed by atoms with van der Waals surface area (Å²) >= 11 is 0. The zero-order valence-corrected chi connectivity index (χ0v) is 10.5. The molecule has 2 N–H and O–H groups in total. The smallest absolute Gasteiger partial charge is 0.310 e. The van der Waals surface area contributed by atoms with Crippen molar-refractivity contribution in [3.05, 3.63) is 57.8 Å². The van der Waals surface area contributed by atoms with Gasteiger partial charge in [0, 0.05) is 6.42 Å². The molecule has 0 aliphatic heterocycles. The Kier molecular flexibility index (Phi) is 3.00. The van der Waals surface area contributed by atoms with Gasteiger partial charge in [-0.1, -0.05) is 18.2 Å². The van der Waals surface area contributed by atoms with Crippen molar-refractivity contribution < 1.29 is 13.2 Å². The van der Waals surface area contributed by atoms with Gasteiger partial charge in [0.15, 0.2) is 5.65 Å². The van der Waals surface area contributed by atoms with Crippen molar-refractivity contribution in [1.29, 1.82) is 0 Å². The molecule has 0 radical (unpaired) electrons. The fraction of sp³-hybridized carbons (Fsp3) is 0.154. The first-order valence-electron chi connectivity index (χ1n) is 6.02. The van der Waals surface area contributed by atoms with Gasteiger partial charge in [0.25, 0.3) is 5.56 Å². The van der Waals surface area contributed by atoms with Gasteiger partial charge >= 0.3 is 6.18 Å². The van der Waals surface area contributed by atoms with E-state index in [1.54, 1.807) is 0 Å². The lowest BCUT2D eigenvalue weighted by Gasteiger charge is -2.12. The molecule has 108 valence electrons. The zero-order chi connectivity index (χ0) is 15.0. The van der Waals surface area contributed by atoms with E-state index >= 15 is 0 Å². The van der Waals surface area contributed by atoms with E-state index in [4.69, 9.17) is 0 Å². The largest absolute Gasteiger partial charge is 0.416 e. The third-order valence-corrected chi connectivity index (χ3v) is 3.05. The Hall–Kier alpha value is -2.64. The number of nitrogens with zero attached hydrogens (tertiary/aromatic N) is 2. The number of H-pyrrole nitrogens is 2. The average Bonchev–Trinajstić information content (AvgIpc) is 2.87. The fourth-order valence-electron chi connectivity index (χ4n) is 2.11. The molecule has 0 saturated carbocycles. The van der Waals surface area contributed by atoms with Crippen molar-refractivity contribution in [1.82, 2.24) is 20.2 Å². The van der Waals surface area contributed by atoms with Gasteiger partial charge in [-0.3, -0.25) is 9.89 Å². The Morgan fingerprint density at radius 3 is 2.71 bits per heavy atom. The summed E-state index contributed by atoms with van der Waals surface area (Å²) in [6, 6.07) is 5.19. The van der Waals surface area contributed by atoms with Crippen LogP contribution < -0.4 is 5.56 Å². The fourth-order valence-corrected chi connectivity index (χ4v) is 2.11. The van der Waals surface area contributed by atoms with Crippen molar-refractivity contribution >= 4 is 11.0 Å². The highest BCUT2D eigenvalue weighted by Crippen LogP contribution is 2.32. The number of aromatic nitrogens is 4. The minimum absolute atomic E-state index is 0.0482. The molecule has 2 aromatic heterocycles. The van der Waals surface area contributed by atoms with Gasteiger partial charge in [0.1, 0.15) is 11.2 Å². The molecule has 2 heterocycles. The third kappa shape index (κ3) is 2.51. The van der Waals surface area contributed by atoms with E-state index in [2.05, 4.69) is 20.2 Å². The van der Waals surface area contributed by atoms with Crippen LogP contribution >= 0.6 is 0 Å². The number of nitrogens with one attached hydrogen (secondary N) is 2. The lowest BCUT2D eigenvalue weighted by molar-refractivity contribution is -0.138.